The van der Waals surface area contributed by atoms with Crippen molar-refractivity contribution in [2.75, 3.05) is 19.4 Å². The maximum atomic E-state index is 12.5. The van der Waals surface area contributed by atoms with Crippen molar-refractivity contribution in [1.82, 2.24) is 5.32 Å². The van der Waals surface area contributed by atoms with Gasteiger partial charge in [0.15, 0.2) is 9.84 Å². The van der Waals surface area contributed by atoms with E-state index < -0.39 is 21.3 Å². The van der Waals surface area contributed by atoms with Crippen LogP contribution in [-0.4, -0.2) is 39.3 Å². The van der Waals surface area contributed by atoms with Crippen molar-refractivity contribution in [3.05, 3.63) is 24.3 Å². The average molecular weight is 356 g/mol. The van der Waals surface area contributed by atoms with Crippen molar-refractivity contribution in [3.8, 4) is 5.75 Å². The van der Waals surface area contributed by atoms with E-state index in [0.717, 1.165) is 0 Å². The van der Waals surface area contributed by atoms with Gasteiger partial charge in [0.2, 0.25) is 5.91 Å². The number of carbonyl (C=O) groups is 1. The van der Waals surface area contributed by atoms with E-state index in [1.807, 2.05) is 20.8 Å². The summed E-state index contributed by atoms with van der Waals surface area (Å²) in [6.07, 6.45) is 0. The third-order valence-corrected chi connectivity index (χ3v) is 6.37. The normalized spacial score (nSPS) is 15.6. The number of rotatable bonds is 8. The maximum Gasteiger partial charge on any atom is 0.224 e. The predicted molar refractivity (Wildman–Crippen MR) is 94.7 cm³/mol. The van der Waals surface area contributed by atoms with Crippen LogP contribution >= 0.6 is 0 Å². The summed E-state index contributed by atoms with van der Waals surface area (Å²) in [5.74, 6) is -0.535. The molecule has 0 radical (unpaired) electrons. The van der Waals surface area contributed by atoms with Gasteiger partial charge in [-0.2, -0.15) is 0 Å². The van der Waals surface area contributed by atoms with Crippen LogP contribution in [0.15, 0.2) is 29.2 Å². The molecular formula is C17H28N2O4S. The molecule has 2 unspecified atom stereocenters. The van der Waals surface area contributed by atoms with E-state index in [2.05, 4.69) is 5.32 Å². The molecule has 1 rings (SSSR count). The molecule has 0 heterocycles. The molecule has 3 N–H and O–H groups in total. The lowest BCUT2D eigenvalue weighted by molar-refractivity contribution is -0.126. The molecule has 0 bridgehead atoms. The van der Waals surface area contributed by atoms with Gasteiger partial charge in [-0.15, -0.1) is 0 Å². The van der Waals surface area contributed by atoms with Gasteiger partial charge in [-0.3, -0.25) is 4.79 Å². The minimum absolute atomic E-state index is 0.136. The van der Waals surface area contributed by atoms with Crippen molar-refractivity contribution in [2.45, 2.75) is 38.1 Å². The summed E-state index contributed by atoms with van der Waals surface area (Å²) >= 11 is 0. The number of amides is 1. The fourth-order valence-corrected chi connectivity index (χ4v) is 3.67. The number of methoxy groups -OCH3 is 1. The standard InChI is InChI=1S/C17H28N2O4S/c1-12(2)17(4,11-18)19-16(20)13(3)10-24(21,22)15-8-6-14(23-5)7-9-15/h6-9,12-13H,10-11,18H2,1-5H3,(H,19,20). The summed E-state index contributed by atoms with van der Waals surface area (Å²) in [5, 5.41) is 2.89. The molecule has 1 aromatic rings. The molecule has 24 heavy (non-hydrogen) atoms. The van der Waals surface area contributed by atoms with Gasteiger partial charge in [0.25, 0.3) is 0 Å². The second kappa shape index (κ2) is 7.98. The van der Waals surface area contributed by atoms with Crippen LogP contribution in [0.5, 0.6) is 5.75 Å². The van der Waals surface area contributed by atoms with Crippen molar-refractivity contribution in [3.63, 3.8) is 0 Å². The molecule has 0 aliphatic carbocycles. The third-order valence-electron chi connectivity index (χ3n) is 4.44. The smallest absolute Gasteiger partial charge is 0.224 e. The largest absolute Gasteiger partial charge is 0.497 e. The summed E-state index contributed by atoms with van der Waals surface area (Å²) in [7, 11) is -2.05. The maximum absolute atomic E-state index is 12.5. The summed E-state index contributed by atoms with van der Waals surface area (Å²) in [5.41, 5.74) is 5.20. The van der Waals surface area contributed by atoms with Gasteiger partial charge < -0.3 is 15.8 Å². The molecule has 136 valence electrons. The minimum atomic E-state index is -3.56. The van der Waals surface area contributed by atoms with Crippen LogP contribution in [0.2, 0.25) is 0 Å². The van der Waals surface area contributed by atoms with E-state index in [4.69, 9.17) is 10.5 Å². The van der Waals surface area contributed by atoms with Gasteiger partial charge in [0, 0.05) is 12.5 Å². The number of carbonyl (C=O) groups excluding carboxylic acids is 1. The third kappa shape index (κ3) is 4.95. The Labute approximate surface area is 144 Å². The number of nitrogens with two attached hydrogens (primary N) is 1. The Morgan fingerprint density at radius 2 is 1.79 bits per heavy atom. The zero-order valence-corrected chi connectivity index (χ0v) is 15.8. The van der Waals surface area contributed by atoms with Gasteiger partial charge >= 0.3 is 0 Å². The van der Waals surface area contributed by atoms with Crippen molar-refractivity contribution in [1.29, 1.82) is 0 Å². The monoisotopic (exact) mass is 356 g/mol. The number of ether oxygens (including phenoxy) is 1. The number of benzene rings is 1. The van der Waals surface area contributed by atoms with E-state index in [1.165, 1.54) is 19.2 Å². The summed E-state index contributed by atoms with van der Waals surface area (Å²) in [4.78, 5) is 12.6. The first-order valence-corrected chi connectivity index (χ1v) is 9.60. The van der Waals surface area contributed by atoms with Gasteiger partial charge in [0.1, 0.15) is 5.75 Å². The van der Waals surface area contributed by atoms with Gasteiger partial charge in [-0.25, -0.2) is 8.42 Å². The zero-order chi connectivity index (χ0) is 18.5. The number of hydrogen-bond acceptors (Lipinski definition) is 5. The Morgan fingerprint density at radius 1 is 1.25 bits per heavy atom. The highest BCUT2D eigenvalue weighted by molar-refractivity contribution is 7.91. The summed E-state index contributed by atoms with van der Waals surface area (Å²) < 4.78 is 30.0. The first-order valence-electron chi connectivity index (χ1n) is 7.94. The highest BCUT2D eigenvalue weighted by Crippen LogP contribution is 2.20. The zero-order valence-electron chi connectivity index (χ0n) is 15.0. The number of nitrogens with one attached hydrogen (secondary N) is 1. The Balaban J connectivity index is 2.84. The second-order valence-electron chi connectivity index (χ2n) is 6.62. The molecule has 1 amide bonds. The van der Waals surface area contributed by atoms with Crippen LogP contribution in [0.25, 0.3) is 0 Å². The number of sulfone groups is 1. The molecule has 0 aliphatic rings. The van der Waals surface area contributed by atoms with Crippen molar-refractivity contribution in [2.24, 2.45) is 17.6 Å². The highest BCUT2D eigenvalue weighted by atomic mass is 32.2. The van der Waals surface area contributed by atoms with Crippen LogP contribution in [0.4, 0.5) is 0 Å². The molecule has 0 saturated carbocycles. The molecule has 1 aromatic carbocycles. The first-order chi connectivity index (χ1) is 11.1. The Bertz CT molecular complexity index is 656. The molecule has 0 aliphatic heterocycles. The van der Waals surface area contributed by atoms with Crippen LogP contribution < -0.4 is 15.8 Å². The fourth-order valence-electron chi connectivity index (χ4n) is 2.12. The molecule has 0 aromatic heterocycles. The lowest BCUT2D eigenvalue weighted by Gasteiger charge is -2.34. The van der Waals surface area contributed by atoms with E-state index in [0.29, 0.717) is 5.75 Å². The van der Waals surface area contributed by atoms with E-state index in [1.54, 1.807) is 19.1 Å². The Kier molecular flexibility index (Phi) is 6.80. The first kappa shape index (κ1) is 20.4. The summed E-state index contributed by atoms with van der Waals surface area (Å²) in [6, 6.07) is 6.14. The van der Waals surface area contributed by atoms with E-state index >= 15 is 0 Å². The number of hydrogen-bond donors (Lipinski definition) is 2. The molecule has 2 atom stereocenters. The second-order valence-corrected chi connectivity index (χ2v) is 8.66. The summed E-state index contributed by atoms with van der Waals surface area (Å²) in [6.45, 7) is 7.68. The highest BCUT2D eigenvalue weighted by Gasteiger charge is 2.32. The fraction of sp³-hybridized carbons (Fsp3) is 0.588. The van der Waals surface area contributed by atoms with Crippen LogP contribution in [0.1, 0.15) is 27.7 Å². The predicted octanol–water partition coefficient (Wildman–Crippen LogP) is 1.59. The Hall–Kier alpha value is -1.60. The van der Waals surface area contributed by atoms with E-state index in [-0.39, 0.29) is 29.0 Å². The lowest BCUT2D eigenvalue weighted by atomic mass is 9.88. The molecule has 7 heteroatoms. The lowest BCUT2D eigenvalue weighted by Crippen LogP contribution is -2.56. The minimum Gasteiger partial charge on any atom is -0.497 e. The van der Waals surface area contributed by atoms with Crippen molar-refractivity contribution >= 4 is 15.7 Å². The van der Waals surface area contributed by atoms with Crippen molar-refractivity contribution < 1.29 is 17.9 Å². The molecule has 0 spiro atoms. The quantitative estimate of drug-likeness (QED) is 0.737. The van der Waals surface area contributed by atoms with Crippen LogP contribution in [-0.2, 0) is 14.6 Å². The SMILES string of the molecule is COc1ccc(S(=O)(=O)CC(C)C(=O)NC(C)(CN)C(C)C)cc1. The Morgan fingerprint density at radius 3 is 2.21 bits per heavy atom. The van der Waals surface area contributed by atoms with E-state index in [9.17, 15) is 13.2 Å². The molecule has 0 saturated heterocycles. The van der Waals surface area contributed by atoms with Crippen LogP contribution in [0, 0.1) is 11.8 Å². The topological polar surface area (TPSA) is 98.5 Å². The van der Waals surface area contributed by atoms with Gasteiger partial charge in [0.05, 0.1) is 23.3 Å². The van der Waals surface area contributed by atoms with Gasteiger partial charge in [-0.05, 0) is 37.1 Å². The molecular weight excluding hydrogens is 328 g/mol. The molecule has 6 nitrogen and oxygen atoms in total. The van der Waals surface area contributed by atoms with Gasteiger partial charge in [-0.1, -0.05) is 20.8 Å². The molecule has 0 fully saturated rings. The van der Waals surface area contributed by atoms with Crippen LogP contribution in [0.3, 0.4) is 0 Å². The average Bonchev–Trinajstić information content (AvgIpc) is 2.54.